The van der Waals surface area contributed by atoms with Gasteiger partial charge >= 0.3 is 0 Å². The van der Waals surface area contributed by atoms with Gasteiger partial charge in [-0.25, -0.2) is 5.06 Å². The topological polar surface area (TPSA) is 266 Å². The van der Waals surface area contributed by atoms with E-state index in [2.05, 4.69) is 10.6 Å². The second-order valence-corrected chi connectivity index (χ2v) is 12.9. The van der Waals surface area contributed by atoms with Crippen molar-refractivity contribution in [2.45, 2.75) is 106 Å². The standard InChI is InChI=1S/C28H53N7O9/c1-28(39)13-41-27(22(38)25(28)33-2)43-23-15(10-20(36)35(40)6-5-29)9-18(32)24(21(23)37)44-26-19(4-3-17(11-30)42-26)34-12-14-7-16(31)8-14/h3,14-16,18-19,21-27,33-34,37-40H,4-13,29-32H2,1-2H3/t14?,15-,16?,18-,19+,21+,22+,23-,24?,25+,26+,27+,28-/m0/s1. The summed E-state index contributed by atoms with van der Waals surface area (Å²) in [6, 6.07) is -1.57. The summed E-state index contributed by atoms with van der Waals surface area (Å²) in [5.74, 6) is -0.295. The number of nitrogens with one attached hydrogen (secondary N) is 2. The molecule has 2 aliphatic carbocycles. The quantitative estimate of drug-likeness (QED) is 0.0694. The van der Waals surface area contributed by atoms with E-state index in [0.29, 0.717) is 23.2 Å². The summed E-state index contributed by atoms with van der Waals surface area (Å²) in [7, 11) is 1.59. The molecule has 0 aromatic carbocycles. The third-order valence-corrected chi connectivity index (χ3v) is 9.26. The number of aliphatic hydroxyl groups excluding tert-OH is 2. The first-order valence-electron chi connectivity index (χ1n) is 15.6. The van der Waals surface area contributed by atoms with E-state index < -0.39 is 66.5 Å². The molecule has 16 nitrogen and oxygen atoms in total. The van der Waals surface area contributed by atoms with Crippen molar-refractivity contribution in [3.63, 3.8) is 0 Å². The van der Waals surface area contributed by atoms with Crippen LogP contribution in [0.25, 0.3) is 0 Å². The predicted molar refractivity (Wildman–Crippen MR) is 157 cm³/mol. The number of rotatable bonds is 13. The van der Waals surface area contributed by atoms with Gasteiger partial charge in [0.1, 0.15) is 29.7 Å². The lowest BCUT2D eigenvalue weighted by atomic mass is 9.77. The largest absolute Gasteiger partial charge is 0.467 e. The Morgan fingerprint density at radius 1 is 1.14 bits per heavy atom. The van der Waals surface area contributed by atoms with Gasteiger partial charge in [0.2, 0.25) is 12.2 Å². The Morgan fingerprint density at radius 3 is 2.48 bits per heavy atom. The van der Waals surface area contributed by atoms with Crippen molar-refractivity contribution in [1.29, 1.82) is 0 Å². The molecule has 1 saturated heterocycles. The van der Waals surface area contributed by atoms with Crippen LogP contribution in [0, 0.1) is 11.8 Å². The molecule has 0 aromatic heterocycles. The molecule has 1 unspecified atom stereocenters. The number of carbonyl (C=O) groups is 1. The molecule has 0 bridgehead atoms. The number of aliphatic hydroxyl groups is 3. The van der Waals surface area contributed by atoms with Gasteiger partial charge in [0.15, 0.2) is 6.29 Å². The lowest BCUT2D eigenvalue weighted by molar-refractivity contribution is -0.308. The van der Waals surface area contributed by atoms with Gasteiger partial charge in [-0.05, 0) is 64.1 Å². The molecule has 2 aliphatic heterocycles. The van der Waals surface area contributed by atoms with E-state index >= 15 is 0 Å². The molecular weight excluding hydrogens is 578 g/mol. The van der Waals surface area contributed by atoms with E-state index in [1.165, 1.54) is 6.92 Å². The van der Waals surface area contributed by atoms with Gasteiger partial charge in [-0.2, -0.15) is 0 Å². The molecule has 14 N–H and O–H groups in total. The molecule has 4 rings (SSSR count). The molecule has 2 heterocycles. The number of nitrogens with zero attached hydrogens (tertiary/aromatic N) is 1. The highest BCUT2D eigenvalue weighted by Crippen LogP contribution is 2.36. The van der Waals surface area contributed by atoms with E-state index in [4.69, 9.17) is 41.9 Å². The molecule has 2 saturated carbocycles. The zero-order valence-corrected chi connectivity index (χ0v) is 25.7. The first-order chi connectivity index (χ1) is 20.9. The maximum absolute atomic E-state index is 12.8. The minimum atomic E-state index is -1.39. The van der Waals surface area contributed by atoms with E-state index in [1.807, 2.05) is 6.08 Å². The average Bonchev–Trinajstić information content (AvgIpc) is 2.96. The predicted octanol–water partition coefficient (Wildman–Crippen LogP) is -3.63. The van der Waals surface area contributed by atoms with Crippen LogP contribution < -0.4 is 33.6 Å². The van der Waals surface area contributed by atoms with Crippen LogP contribution in [-0.2, 0) is 23.7 Å². The fourth-order valence-electron chi connectivity index (χ4n) is 6.72. The molecule has 254 valence electrons. The smallest absolute Gasteiger partial charge is 0.246 e. The van der Waals surface area contributed by atoms with Crippen molar-refractivity contribution in [3.8, 4) is 0 Å². The van der Waals surface area contributed by atoms with Crippen LogP contribution >= 0.6 is 0 Å². The van der Waals surface area contributed by atoms with Crippen molar-refractivity contribution < 1.29 is 44.3 Å². The Hall–Kier alpha value is -1.51. The van der Waals surface area contributed by atoms with Crippen LogP contribution in [0.1, 0.15) is 39.0 Å². The fourth-order valence-corrected chi connectivity index (χ4v) is 6.72. The number of hydrogen-bond acceptors (Lipinski definition) is 15. The number of amides is 1. The first-order valence-corrected chi connectivity index (χ1v) is 15.6. The first kappa shape index (κ1) is 35.3. The van der Waals surface area contributed by atoms with Gasteiger partial charge in [0.05, 0.1) is 37.9 Å². The Bertz CT molecular complexity index is 972. The number of hydroxylamine groups is 2. The van der Waals surface area contributed by atoms with Crippen LogP contribution in [0.2, 0.25) is 0 Å². The number of nitrogens with two attached hydrogens (primary N) is 4. The number of hydrogen-bond donors (Lipinski definition) is 10. The van der Waals surface area contributed by atoms with Gasteiger partial charge in [-0.3, -0.25) is 10.0 Å². The summed E-state index contributed by atoms with van der Waals surface area (Å²) in [6.45, 7) is 2.26. The van der Waals surface area contributed by atoms with Gasteiger partial charge in [0.25, 0.3) is 0 Å². The third kappa shape index (κ3) is 8.25. The molecule has 4 aliphatic rings. The summed E-state index contributed by atoms with van der Waals surface area (Å²) in [4.78, 5) is 12.8. The summed E-state index contributed by atoms with van der Waals surface area (Å²) in [5, 5.41) is 50.5. The molecule has 11 atom stereocenters. The van der Waals surface area contributed by atoms with Crippen LogP contribution in [0.3, 0.4) is 0 Å². The van der Waals surface area contributed by atoms with Crippen LogP contribution in [0.15, 0.2) is 11.8 Å². The van der Waals surface area contributed by atoms with Crippen molar-refractivity contribution in [3.05, 3.63) is 11.8 Å². The molecule has 0 spiro atoms. The van der Waals surface area contributed by atoms with Crippen LogP contribution in [0.4, 0.5) is 0 Å². The highest BCUT2D eigenvalue weighted by Gasteiger charge is 2.52. The number of carbonyl (C=O) groups excluding carboxylic acids is 1. The molecule has 0 radical (unpaired) electrons. The van der Waals surface area contributed by atoms with E-state index in [-0.39, 0.29) is 51.2 Å². The molecule has 0 aromatic rings. The summed E-state index contributed by atoms with van der Waals surface area (Å²) in [5.41, 5.74) is 22.5. The monoisotopic (exact) mass is 631 g/mol. The zero-order chi connectivity index (χ0) is 32.2. The molecule has 16 heteroatoms. The van der Waals surface area contributed by atoms with Crippen molar-refractivity contribution in [2.75, 3.05) is 39.8 Å². The van der Waals surface area contributed by atoms with Gasteiger partial charge < -0.3 is 67.8 Å². The van der Waals surface area contributed by atoms with E-state index in [0.717, 1.165) is 19.4 Å². The highest BCUT2D eigenvalue weighted by atomic mass is 16.7. The molecule has 3 fully saturated rings. The molecular formula is C28H53N7O9. The maximum atomic E-state index is 12.8. The fraction of sp³-hybridized carbons (Fsp3) is 0.893. The van der Waals surface area contributed by atoms with Crippen molar-refractivity contribution in [2.24, 2.45) is 34.8 Å². The van der Waals surface area contributed by atoms with Crippen molar-refractivity contribution in [1.82, 2.24) is 15.7 Å². The Labute approximate surface area is 258 Å². The van der Waals surface area contributed by atoms with Gasteiger partial charge in [-0.15, -0.1) is 0 Å². The minimum absolute atomic E-state index is 0.0572. The highest BCUT2D eigenvalue weighted by molar-refractivity contribution is 5.75. The van der Waals surface area contributed by atoms with E-state index in [9.17, 15) is 25.3 Å². The number of ether oxygens (including phenoxy) is 4. The zero-order valence-electron chi connectivity index (χ0n) is 25.7. The Kier molecular flexibility index (Phi) is 12.4. The average molecular weight is 632 g/mol. The second-order valence-electron chi connectivity index (χ2n) is 12.9. The molecule has 44 heavy (non-hydrogen) atoms. The van der Waals surface area contributed by atoms with E-state index in [1.54, 1.807) is 7.05 Å². The van der Waals surface area contributed by atoms with Gasteiger partial charge in [0, 0.05) is 25.0 Å². The minimum Gasteiger partial charge on any atom is -0.467 e. The van der Waals surface area contributed by atoms with Gasteiger partial charge in [-0.1, -0.05) is 0 Å². The Balaban J connectivity index is 1.52. The summed E-state index contributed by atoms with van der Waals surface area (Å²) in [6.07, 6.45) is -2.54. The SMILES string of the molecule is CN[C@@H]1[C@@H](O)[C@@H](O[C@H]2[C@H](CC(=O)N(O)CCN)C[C@H](N)C(O[C@H]3OC(CN)=CC[C@H]3NCC3CC(N)C3)[C@@H]2O)OC[C@]1(C)O. The Morgan fingerprint density at radius 2 is 1.84 bits per heavy atom. The summed E-state index contributed by atoms with van der Waals surface area (Å²) >= 11 is 0. The van der Waals surface area contributed by atoms with Crippen LogP contribution in [0.5, 0.6) is 0 Å². The lowest BCUT2D eigenvalue weighted by Gasteiger charge is -2.49. The normalized spacial score (nSPS) is 42.6. The summed E-state index contributed by atoms with van der Waals surface area (Å²) < 4.78 is 24.3. The van der Waals surface area contributed by atoms with Crippen molar-refractivity contribution >= 4 is 5.91 Å². The molecule has 1 amide bonds. The third-order valence-electron chi connectivity index (χ3n) is 9.26. The number of likely N-dealkylation sites (N-methyl/N-ethyl adjacent to an activating group) is 1. The lowest BCUT2D eigenvalue weighted by Crippen LogP contribution is -2.67. The maximum Gasteiger partial charge on any atom is 0.246 e. The van der Waals surface area contributed by atoms with Crippen LogP contribution in [-0.4, -0.2) is 138 Å². The second kappa shape index (κ2) is 15.4.